The molecule has 2 aromatic rings. The number of hydrogen-bond acceptors (Lipinski definition) is 6. The summed E-state index contributed by atoms with van der Waals surface area (Å²) in [5.41, 5.74) is 2.21. The Morgan fingerprint density at radius 1 is 0.867 bits per heavy atom. The van der Waals surface area contributed by atoms with Crippen LogP contribution in [-0.4, -0.2) is 80.6 Å². The topological polar surface area (TPSA) is 54.4 Å². The van der Waals surface area contributed by atoms with Crippen LogP contribution in [0.25, 0.3) is 0 Å². The van der Waals surface area contributed by atoms with Gasteiger partial charge in [0.2, 0.25) is 0 Å². The van der Waals surface area contributed by atoms with E-state index in [1.807, 2.05) is 56.3 Å². The molecule has 0 spiro atoms. The standard InChI is InChI=1S/C24H34N2O4/c1-19-7-6-8-20(2)24(19)30-18-21(27)17-26-13-11-25(12-14-26)15-16-29-23-10-5-4-9-22(23)28-3/h4-10,21,27H,11-18H2,1-3H3. The second kappa shape index (κ2) is 11.2. The number of aliphatic hydroxyl groups excluding tert-OH is 1. The Bertz CT molecular complexity index is 770. The lowest BCUT2D eigenvalue weighted by atomic mass is 10.1. The van der Waals surface area contributed by atoms with Gasteiger partial charge >= 0.3 is 0 Å². The molecule has 0 saturated carbocycles. The summed E-state index contributed by atoms with van der Waals surface area (Å²) in [5.74, 6) is 2.43. The van der Waals surface area contributed by atoms with Crippen molar-refractivity contribution in [2.24, 2.45) is 0 Å². The zero-order valence-corrected chi connectivity index (χ0v) is 18.3. The van der Waals surface area contributed by atoms with E-state index in [-0.39, 0.29) is 0 Å². The van der Waals surface area contributed by atoms with Gasteiger partial charge in [-0.05, 0) is 37.1 Å². The molecule has 1 aliphatic heterocycles. The summed E-state index contributed by atoms with van der Waals surface area (Å²) >= 11 is 0. The first kappa shape index (κ1) is 22.4. The Morgan fingerprint density at radius 3 is 2.17 bits per heavy atom. The van der Waals surface area contributed by atoms with Gasteiger partial charge in [-0.1, -0.05) is 30.3 Å². The number of ether oxygens (including phenoxy) is 3. The van der Waals surface area contributed by atoms with Gasteiger partial charge in [0.1, 0.15) is 25.1 Å². The molecule has 3 rings (SSSR count). The zero-order chi connectivity index (χ0) is 21.3. The van der Waals surface area contributed by atoms with Crippen molar-refractivity contribution in [2.45, 2.75) is 20.0 Å². The minimum absolute atomic E-state index is 0.318. The van der Waals surface area contributed by atoms with Crippen LogP contribution in [0.2, 0.25) is 0 Å². The van der Waals surface area contributed by atoms with Crippen LogP contribution in [0.5, 0.6) is 17.2 Å². The maximum Gasteiger partial charge on any atom is 0.161 e. The van der Waals surface area contributed by atoms with Crippen LogP contribution in [0.3, 0.4) is 0 Å². The van der Waals surface area contributed by atoms with E-state index in [2.05, 4.69) is 9.80 Å². The highest BCUT2D eigenvalue weighted by Gasteiger charge is 2.20. The van der Waals surface area contributed by atoms with Gasteiger partial charge in [-0.3, -0.25) is 9.80 Å². The number of para-hydroxylation sites is 3. The molecule has 1 aliphatic rings. The predicted molar refractivity (Wildman–Crippen MR) is 119 cm³/mol. The molecule has 0 bridgehead atoms. The summed E-state index contributed by atoms with van der Waals surface area (Å²) in [6.45, 7) is 10.4. The van der Waals surface area contributed by atoms with E-state index < -0.39 is 6.10 Å². The Hall–Kier alpha value is -2.28. The lowest BCUT2D eigenvalue weighted by Crippen LogP contribution is -2.50. The normalized spacial score (nSPS) is 16.3. The van der Waals surface area contributed by atoms with Gasteiger partial charge in [-0.15, -0.1) is 0 Å². The molecule has 1 saturated heterocycles. The van der Waals surface area contributed by atoms with E-state index in [0.29, 0.717) is 19.8 Å². The number of β-amino-alcohol motifs (C(OH)–C–C–N with tert-alkyl or cyclic N) is 1. The van der Waals surface area contributed by atoms with Crippen molar-refractivity contribution < 1.29 is 19.3 Å². The molecule has 6 nitrogen and oxygen atoms in total. The van der Waals surface area contributed by atoms with Crippen LogP contribution in [0, 0.1) is 13.8 Å². The van der Waals surface area contributed by atoms with Crippen molar-refractivity contribution in [3.05, 3.63) is 53.6 Å². The van der Waals surface area contributed by atoms with E-state index in [0.717, 1.165) is 61.1 Å². The summed E-state index contributed by atoms with van der Waals surface area (Å²) in [4.78, 5) is 4.70. The quantitative estimate of drug-likeness (QED) is 0.645. The van der Waals surface area contributed by atoms with Crippen molar-refractivity contribution in [1.29, 1.82) is 0 Å². The molecule has 1 fully saturated rings. The Morgan fingerprint density at radius 2 is 1.50 bits per heavy atom. The molecule has 1 unspecified atom stereocenters. The minimum Gasteiger partial charge on any atom is -0.493 e. The van der Waals surface area contributed by atoms with Crippen LogP contribution in [0.1, 0.15) is 11.1 Å². The third-order valence-electron chi connectivity index (χ3n) is 5.50. The lowest BCUT2D eigenvalue weighted by molar-refractivity contribution is 0.0433. The number of aliphatic hydroxyl groups is 1. The van der Waals surface area contributed by atoms with Gasteiger partial charge in [0.05, 0.1) is 7.11 Å². The molecule has 0 aromatic heterocycles. The largest absolute Gasteiger partial charge is 0.493 e. The number of hydrogen-bond donors (Lipinski definition) is 1. The summed E-state index contributed by atoms with van der Waals surface area (Å²) in [6.07, 6.45) is -0.496. The number of methoxy groups -OCH3 is 1. The molecule has 164 valence electrons. The summed E-state index contributed by atoms with van der Waals surface area (Å²) in [5, 5.41) is 10.4. The molecule has 2 aromatic carbocycles. The summed E-state index contributed by atoms with van der Waals surface area (Å²) in [7, 11) is 1.66. The zero-order valence-electron chi connectivity index (χ0n) is 18.3. The molecule has 1 N–H and O–H groups in total. The summed E-state index contributed by atoms with van der Waals surface area (Å²) in [6, 6.07) is 13.8. The average molecular weight is 415 g/mol. The number of piperazine rings is 1. The van der Waals surface area contributed by atoms with Crippen LogP contribution >= 0.6 is 0 Å². The lowest BCUT2D eigenvalue weighted by Gasteiger charge is -2.35. The second-order valence-electron chi connectivity index (χ2n) is 7.83. The van der Waals surface area contributed by atoms with Gasteiger partial charge in [-0.25, -0.2) is 0 Å². The Labute approximate surface area is 180 Å². The van der Waals surface area contributed by atoms with Crippen molar-refractivity contribution in [3.63, 3.8) is 0 Å². The molecular weight excluding hydrogens is 380 g/mol. The first-order chi connectivity index (χ1) is 14.6. The van der Waals surface area contributed by atoms with Gasteiger partial charge in [0, 0.05) is 39.3 Å². The number of nitrogens with zero attached hydrogens (tertiary/aromatic N) is 2. The van der Waals surface area contributed by atoms with Crippen LogP contribution in [0.15, 0.2) is 42.5 Å². The van der Waals surface area contributed by atoms with Crippen molar-refractivity contribution in [3.8, 4) is 17.2 Å². The predicted octanol–water partition coefficient (Wildman–Crippen LogP) is 2.75. The molecule has 0 amide bonds. The highest BCUT2D eigenvalue weighted by atomic mass is 16.5. The fraction of sp³-hybridized carbons (Fsp3) is 0.500. The Kier molecular flexibility index (Phi) is 8.37. The van der Waals surface area contributed by atoms with Gasteiger partial charge in [-0.2, -0.15) is 0 Å². The second-order valence-corrected chi connectivity index (χ2v) is 7.83. The third-order valence-corrected chi connectivity index (χ3v) is 5.50. The van der Waals surface area contributed by atoms with E-state index in [4.69, 9.17) is 14.2 Å². The van der Waals surface area contributed by atoms with Crippen LogP contribution in [-0.2, 0) is 0 Å². The smallest absolute Gasteiger partial charge is 0.161 e. The van der Waals surface area contributed by atoms with E-state index in [1.165, 1.54) is 0 Å². The van der Waals surface area contributed by atoms with Crippen LogP contribution < -0.4 is 14.2 Å². The van der Waals surface area contributed by atoms with Crippen molar-refractivity contribution in [2.75, 3.05) is 59.6 Å². The number of rotatable bonds is 10. The van der Waals surface area contributed by atoms with E-state index in [1.54, 1.807) is 7.11 Å². The number of aryl methyl sites for hydroxylation is 2. The number of benzene rings is 2. The fourth-order valence-corrected chi connectivity index (χ4v) is 3.78. The van der Waals surface area contributed by atoms with E-state index in [9.17, 15) is 5.11 Å². The molecule has 30 heavy (non-hydrogen) atoms. The monoisotopic (exact) mass is 414 g/mol. The van der Waals surface area contributed by atoms with Crippen molar-refractivity contribution >= 4 is 0 Å². The minimum atomic E-state index is -0.496. The Balaban J connectivity index is 1.34. The maximum atomic E-state index is 10.4. The third kappa shape index (κ3) is 6.36. The highest BCUT2D eigenvalue weighted by molar-refractivity contribution is 5.40. The summed E-state index contributed by atoms with van der Waals surface area (Å²) < 4.78 is 17.1. The van der Waals surface area contributed by atoms with E-state index >= 15 is 0 Å². The molecular formula is C24H34N2O4. The molecule has 0 radical (unpaired) electrons. The molecule has 1 atom stereocenters. The van der Waals surface area contributed by atoms with Gasteiger partial charge in [0.25, 0.3) is 0 Å². The van der Waals surface area contributed by atoms with Gasteiger partial charge < -0.3 is 19.3 Å². The van der Waals surface area contributed by atoms with Crippen LogP contribution in [0.4, 0.5) is 0 Å². The maximum absolute atomic E-state index is 10.4. The van der Waals surface area contributed by atoms with Gasteiger partial charge in [0.15, 0.2) is 11.5 Å². The average Bonchev–Trinajstić information content (AvgIpc) is 2.75. The first-order valence-corrected chi connectivity index (χ1v) is 10.6. The SMILES string of the molecule is COc1ccccc1OCCN1CCN(CC(O)COc2c(C)cccc2C)CC1. The first-order valence-electron chi connectivity index (χ1n) is 10.6. The fourth-order valence-electron chi connectivity index (χ4n) is 3.78. The molecule has 6 heteroatoms. The van der Waals surface area contributed by atoms with Crippen molar-refractivity contribution in [1.82, 2.24) is 9.80 Å². The molecule has 0 aliphatic carbocycles. The molecule has 1 heterocycles. The highest BCUT2D eigenvalue weighted by Crippen LogP contribution is 2.25.